The maximum Gasteiger partial charge on any atom is 0.410 e. The van der Waals surface area contributed by atoms with Crippen molar-refractivity contribution in [2.75, 3.05) is 13.1 Å². The highest BCUT2D eigenvalue weighted by Crippen LogP contribution is 2.32. The molecule has 1 N–H and O–H groups in total. The zero-order valence-corrected chi connectivity index (χ0v) is 20.8. The van der Waals surface area contributed by atoms with E-state index in [1.165, 1.54) is 24.3 Å². The van der Waals surface area contributed by atoms with E-state index in [0.29, 0.717) is 25.9 Å². The highest BCUT2D eigenvalue weighted by atomic mass is 35.5. The Kier molecular flexibility index (Phi) is 9.49. The smallest absolute Gasteiger partial charge is 0.410 e. The number of amides is 1. The summed E-state index contributed by atoms with van der Waals surface area (Å²) < 4.78 is 11.1. The first kappa shape index (κ1) is 27.9. The molecule has 13 heteroatoms. The third-order valence-corrected chi connectivity index (χ3v) is 5.11. The number of hydrogen-bond donors (Lipinski definition) is 1. The molecule has 0 bridgehead atoms. The molecule has 3 rings (SSSR count). The molecule has 0 aromatic heterocycles. The standard InChI is InChI=1S/C16H21ClN2O5.C6H4ClNO3/c1-16(2,3)24-15(20)18-8-6-12(7-9-18)23-14-5-4-11(17)10-13(14)19(21)22;7-4-1-2-6(9)5(3-4)8(10)11/h4-5,10,12H,6-9H2,1-3H3;1-3,9H. The van der Waals surface area contributed by atoms with Crippen LogP contribution in [0.15, 0.2) is 36.4 Å². The number of benzene rings is 2. The van der Waals surface area contributed by atoms with Crippen LogP contribution in [0.3, 0.4) is 0 Å². The van der Waals surface area contributed by atoms with E-state index in [0.717, 1.165) is 6.07 Å². The normalized spacial score (nSPS) is 13.9. The Hall–Kier alpha value is -3.31. The summed E-state index contributed by atoms with van der Waals surface area (Å²) in [6.45, 7) is 6.43. The molecule has 0 saturated carbocycles. The van der Waals surface area contributed by atoms with Gasteiger partial charge in [0.2, 0.25) is 0 Å². The fourth-order valence-electron chi connectivity index (χ4n) is 3.04. The molecule has 1 aliphatic rings. The lowest BCUT2D eigenvalue weighted by molar-refractivity contribution is -0.386. The van der Waals surface area contributed by atoms with E-state index in [1.807, 2.05) is 20.8 Å². The summed E-state index contributed by atoms with van der Waals surface area (Å²) in [6.07, 6.45) is 0.625. The molecule has 11 nitrogen and oxygen atoms in total. The quantitative estimate of drug-likeness (QED) is 0.375. The average Bonchev–Trinajstić information content (AvgIpc) is 2.76. The minimum Gasteiger partial charge on any atom is -0.502 e. The van der Waals surface area contributed by atoms with Crippen molar-refractivity contribution in [2.24, 2.45) is 0 Å². The van der Waals surface area contributed by atoms with Crippen molar-refractivity contribution in [3.05, 3.63) is 66.7 Å². The van der Waals surface area contributed by atoms with Gasteiger partial charge >= 0.3 is 17.5 Å². The molecule has 0 aliphatic carbocycles. The summed E-state index contributed by atoms with van der Waals surface area (Å²) in [5.41, 5.74) is -1.07. The Morgan fingerprint density at radius 3 is 2.00 bits per heavy atom. The Morgan fingerprint density at radius 1 is 1.00 bits per heavy atom. The van der Waals surface area contributed by atoms with E-state index in [-0.39, 0.29) is 45.1 Å². The van der Waals surface area contributed by atoms with Gasteiger partial charge in [0, 0.05) is 48.1 Å². The van der Waals surface area contributed by atoms with Gasteiger partial charge in [0.1, 0.15) is 11.7 Å². The number of carbonyl (C=O) groups is 1. The number of ether oxygens (including phenoxy) is 2. The monoisotopic (exact) mass is 529 g/mol. The summed E-state index contributed by atoms with van der Waals surface area (Å²) in [5, 5.41) is 30.7. The average molecular weight is 530 g/mol. The van der Waals surface area contributed by atoms with Gasteiger partial charge in [-0.15, -0.1) is 0 Å². The lowest BCUT2D eigenvalue weighted by atomic mass is 10.1. The van der Waals surface area contributed by atoms with Crippen LogP contribution in [0.1, 0.15) is 33.6 Å². The minimum absolute atomic E-state index is 0.155. The number of phenols is 1. The lowest BCUT2D eigenvalue weighted by Gasteiger charge is -2.33. The van der Waals surface area contributed by atoms with Crippen molar-refractivity contribution in [1.82, 2.24) is 4.90 Å². The molecule has 0 unspecified atom stereocenters. The molecule has 0 radical (unpaired) electrons. The molecule has 1 aliphatic heterocycles. The van der Waals surface area contributed by atoms with Gasteiger partial charge in [0.15, 0.2) is 11.5 Å². The first-order chi connectivity index (χ1) is 16.3. The predicted molar refractivity (Wildman–Crippen MR) is 129 cm³/mol. The van der Waals surface area contributed by atoms with Gasteiger partial charge in [-0.2, -0.15) is 0 Å². The topological polar surface area (TPSA) is 145 Å². The SMILES string of the molecule is CC(C)(C)OC(=O)N1CCC(Oc2ccc(Cl)cc2[N+](=O)[O-])CC1.O=[N+]([O-])c1cc(Cl)ccc1O. The van der Waals surface area contributed by atoms with E-state index < -0.39 is 15.4 Å². The van der Waals surface area contributed by atoms with Gasteiger partial charge in [-0.25, -0.2) is 4.79 Å². The molecule has 1 fully saturated rings. The molecule has 1 heterocycles. The van der Waals surface area contributed by atoms with E-state index in [4.69, 9.17) is 37.8 Å². The first-order valence-electron chi connectivity index (χ1n) is 10.5. The third kappa shape index (κ3) is 8.76. The number of halogens is 2. The summed E-state index contributed by atoms with van der Waals surface area (Å²) in [7, 11) is 0. The molecule has 1 saturated heterocycles. The van der Waals surface area contributed by atoms with E-state index in [9.17, 15) is 25.0 Å². The zero-order valence-electron chi connectivity index (χ0n) is 19.3. The molecule has 0 atom stereocenters. The molecule has 2 aromatic rings. The second-order valence-corrected chi connectivity index (χ2v) is 9.42. The van der Waals surface area contributed by atoms with Crippen LogP contribution >= 0.6 is 23.2 Å². The maximum absolute atomic E-state index is 12.0. The molecule has 190 valence electrons. The van der Waals surface area contributed by atoms with Crippen LogP contribution in [-0.4, -0.2) is 50.7 Å². The number of nitro benzene ring substituents is 2. The van der Waals surface area contributed by atoms with Crippen LogP contribution in [-0.2, 0) is 4.74 Å². The number of nitrogens with zero attached hydrogens (tertiary/aromatic N) is 3. The number of piperidine rings is 1. The number of nitro groups is 2. The molecular formula is C22H25Cl2N3O8. The Bertz CT molecular complexity index is 1080. The van der Waals surface area contributed by atoms with Gasteiger partial charge in [-0.1, -0.05) is 23.2 Å². The van der Waals surface area contributed by atoms with Gasteiger partial charge in [0.05, 0.1) is 9.85 Å². The van der Waals surface area contributed by atoms with Crippen molar-refractivity contribution in [3.63, 3.8) is 0 Å². The van der Waals surface area contributed by atoms with Crippen molar-refractivity contribution < 1.29 is 29.2 Å². The van der Waals surface area contributed by atoms with Crippen LogP contribution in [0, 0.1) is 20.2 Å². The third-order valence-electron chi connectivity index (χ3n) is 4.64. The van der Waals surface area contributed by atoms with Crippen molar-refractivity contribution in [3.8, 4) is 11.5 Å². The second kappa shape index (κ2) is 11.9. The molecule has 2 aromatic carbocycles. The summed E-state index contributed by atoms with van der Waals surface area (Å²) in [4.78, 5) is 33.7. The Balaban J connectivity index is 0.000000328. The highest BCUT2D eigenvalue weighted by molar-refractivity contribution is 6.31. The minimum atomic E-state index is -0.693. The largest absolute Gasteiger partial charge is 0.502 e. The number of carbonyl (C=O) groups excluding carboxylic acids is 1. The van der Waals surface area contributed by atoms with Crippen molar-refractivity contribution in [2.45, 2.75) is 45.3 Å². The zero-order chi connectivity index (χ0) is 26.3. The van der Waals surface area contributed by atoms with Crippen LogP contribution < -0.4 is 4.74 Å². The predicted octanol–water partition coefficient (Wildman–Crippen LogP) is 5.98. The van der Waals surface area contributed by atoms with Gasteiger partial charge < -0.3 is 19.5 Å². The maximum atomic E-state index is 12.0. The number of hydrogen-bond acceptors (Lipinski definition) is 8. The highest BCUT2D eigenvalue weighted by Gasteiger charge is 2.29. The fourth-order valence-corrected chi connectivity index (χ4v) is 3.37. The fraction of sp³-hybridized carbons (Fsp3) is 0.409. The molecule has 35 heavy (non-hydrogen) atoms. The number of rotatable bonds is 4. The van der Waals surface area contributed by atoms with Gasteiger partial charge in [-0.3, -0.25) is 20.2 Å². The van der Waals surface area contributed by atoms with Crippen molar-refractivity contribution >= 4 is 40.7 Å². The van der Waals surface area contributed by atoms with Crippen LogP contribution in [0.4, 0.5) is 16.2 Å². The number of likely N-dealkylation sites (tertiary alicyclic amines) is 1. The van der Waals surface area contributed by atoms with Crippen LogP contribution in [0.2, 0.25) is 10.0 Å². The lowest BCUT2D eigenvalue weighted by Crippen LogP contribution is -2.44. The first-order valence-corrected chi connectivity index (χ1v) is 11.2. The van der Waals surface area contributed by atoms with Crippen LogP contribution in [0.5, 0.6) is 11.5 Å². The Labute approximate surface area is 211 Å². The van der Waals surface area contributed by atoms with E-state index in [2.05, 4.69) is 0 Å². The number of aromatic hydroxyl groups is 1. The van der Waals surface area contributed by atoms with E-state index in [1.54, 1.807) is 11.0 Å². The van der Waals surface area contributed by atoms with Crippen LogP contribution in [0.25, 0.3) is 0 Å². The molecular weight excluding hydrogens is 505 g/mol. The van der Waals surface area contributed by atoms with Gasteiger partial charge in [-0.05, 0) is 45.0 Å². The second-order valence-electron chi connectivity index (χ2n) is 8.54. The Morgan fingerprint density at radius 2 is 1.51 bits per heavy atom. The summed E-state index contributed by atoms with van der Waals surface area (Å²) in [5.74, 6) is -0.181. The molecule has 1 amide bonds. The van der Waals surface area contributed by atoms with Crippen molar-refractivity contribution in [1.29, 1.82) is 0 Å². The van der Waals surface area contributed by atoms with Gasteiger partial charge in [0.25, 0.3) is 0 Å². The summed E-state index contributed by atoms with van der Waals surface area (Å²) >= 11 is 11.2. The number of phenolic OH excluding ortho intramolecular Hbond substituents is 1. The summed E-state index contributed by atoms with van der Waals surface area (Å²) in [6, 6.07) is 7.98. The van der Waals surface area contributed by atoms with E-state index >= 15 is 0 Å². The molecule has 0 spiro atoms.